The fourth-order valence-electron chi connectivity index (χ4n) is 6.20. The van der Waals surface area contributed by atoms with Crippen molar-refractivity contribution in [1.29, 1.82) is 0 Å². The van der Waals surface area contributed by atoms with Gasteiger partial charge in [0, 0.05) is 72.9 Å². The van der Waals surface area contributed by atoms with Crippen LogP contribution < -0.4 is 29.8 Å². The van der Waals surface area contributed by atoms with Gasteiger partial charge in [-0.25, -0.2) is 8.78 Å². The first-order valence-corrected chi connectivity index (χ1v) is 16.1. The average Bonchev–Trinajstić information content (AvgIpc) is 3.55. The van der Waals surface area contributed by atoms with Gasteiger partial charge in [-0.15, -0.1) is 0 Å². The molecule has 252 valence electrons. The summed E-state index contributed by atoms with van der Waals surface area (Å²) in [7, 11) is 1.55. The Labute approximate surface area is 280 Å². The summed E-state index contributed by atoms with van der Waals surface area (Å²) in [6, 6.07) is 14.4. The van der Waals surface area contributed by atoms with Crippen LogP contribution in [0, 0.1) is 17.6 Å². The highest BCUT2D eigenvalue weighted by molar-refractivity contribution is 6.06. The molecule has 5 aromatic rings. The number of anilines is 1. The Balaban J connectivity index is 1.08. The molecule has 0 spiro atoms. The minimum atomic E-state index is -0.770. The Morgan fingerprint density at radius 1 is 1.02 bits per heavy atom. The van der Waals surface area contributed by atoms with Gasteiger partial charge in [-0.2, -0.15) is 0 Å². The smallest absolute Gasteiger partial charge is 0.271 e. The second-order valence-corrected chi connectivity index (χ2v) is 12.2. The number of benzene rings is 3. The van der Waals surface area contributed by atoms with E-state index in [9.17, 15) is 14.0 Å². The molecule has 2 aliphatic heterocycles. The molecular formula is C37H34F2N4O6. The van der Waals surface area contributed by atoms with E-state index in [2.05, 4.69) is 22.1 Å². The zero-order valence-electron chi connectivity index (χ0n) is 27.0. The lowest BCUT2D eigenvalue weighted by Crippen LogP contribution is -2.45. The van der Waals surface area contributed by atoms with Gasteiger partial charge in [0.05, 0.1) is 25.8 Å². The molecule has 0 bridgehead atoms. The van der Waals surface area contributed by atoms with Crippen LogP contribution in [0.1, 0.15) is 29.3 Å². The van der Waals surface area contributed by atoms with Gasteiger partial charge in [0.25, 0.3) is 11.5 Å². The number of carbonyl (C=O) groups excluding carboxylic acids is 1. The average molecular weight is 669 g/mol. The molecule has 12 heteroatoms. The van der Waals surface area contributed by atoms with Crippen molar-refractivity contribution < 1.29 is 32.5 Å². The maximum atomic E-state index is 15.4. The Morgan fingerprint density at radius 2 is 1.84 bits per heavy atom. The highest BCUT2D eigenvalue weighted by Gasteiger charge is 2.27. The summed E-state index contributed by atoms with van der Waals surface area (Å²) in [5.74, 6) is 0.266. The predicted octanol–water partition coefficient (Wildman–Crippen LogP) is 6.37. The lowest BCUT2D eigenvalue weighted by atomic mass is 10.0. The minimum Gasteiger partial charge on any atom is -0.493 e. The summed E-state index contributed by atoms with van der Waals surface area (Å²) in [6.45, 7) is 6.29. The molecule has 4 heterocycles. The molecule has 1 saturated heterocycles. The van der Waals surface area contributed by atoms with Crippen molar-refractivity contribution in [1.82, 2.24) is 14.5 Å². The van der Waals surface area contributed by atoms with E-state index < -0.39 is 23.1 Å². The Bertz CT molecular complexity index is 2100. The number of carbonyl (C=O) groups is 1. The van der Waals surface area contributed by atoms with Crippen molar-refractivity contribution in [2.24, 2.45) is 5.92 Å². The van der Waals surface area contributed by atoms with E-state index in [0.29, 0.717) is 59.0 Å². The number of pyridine rings is 2. The van der Waals surface area contributed by atoms with Crippen LogP contribution in [0.15, 0.2) is 77.9 Å². The van der Waals surface area contributed by atoms with Gasteiger partial charge < -0.3 is 29.2 Å². The van der Waals surface area contributed by atoms with Gasteiger partial charge in [-0.3, -0.25) is 19.1 Å². The SMILES string of the molecule is COc1cc2c(Oc3ccc(NC(=O)c4c5c(cn(-c6ccc(F)cc6)c4=O)CCO5)cc3F)ccnc2cc1OCCCN1CC(C)C1. The molecule has 0 radical (unpaired) electrons. The Kier molecular flexibility index (Phi) is 8.87. The summed E-state index contributed by atoms with van der Waals surface area (Å²) in [4.78, 5) is 33.8. The quantitative estimate of drug-likeness (QED) is 0.162. The number of rotatable bonds is 11. The maximum Gasteiger partial charge on any atom is 0.271 e. The predicted molar refractivity (Wildman–Crippen MR) is 180 cm³/mol. The number of amides is 1. The molecule has 0 atom stereocenters. The Morgan fingerprint density at radius 3 is 2.59 bits per heavy atom. The van der Waals surface area contributed by atoms with Crippen LogP contribution >= 0.6 is 0 Å². The van der Waals surface area contributed by atoms with Crippen LogP contribution in [-0.2, 0) is 6.42 Å². The van der Waals surface area contributed by atoms with Crippen LogP contribution in [-0.4, -0.2) is 60.3 Å². The van der Waals surface area contributed by atoms with Crippen molar-refractivity contribution in [3.05, 3.63) is 106 Å². The number of hydrogen-bond donors (Lipinski definition) is 1. The number of hydrogen-bond acceptors (Lipinski definition) is 8. The number of nitrogens with one attached hydrogen (secondary N) is 1. The molecule has 0 saturated carbocycles. The third-order valence-corrected chi connectivity index (χ3v) is 8.60. The highest BCUT2D eigenvalue weighted by atomic mass is 19.1. The second kappa shape index (κ2) is 13.6. The van der Waals surface area contributed by atoms with Crippen LogP contribution in [0.2, 0.25) is 0 Å². The van der Waals surface area contributed by atoms with Gasteiger partial charge in [0.1, 0.15) is 22.9 Å². The molecule has 2 aromatic heterocycles. The number of fused-ring (bicyclic) bond motifs is 2. The van der Waals surface area contributed by atoms with E-state index in [4.69, 9.17) is 18.9 Å². The summed E-state index contributed by atoms with van der Waals surface area (Å²) < 4.78 is 53.5. The number of likely N-dealkylation sites (tertiary alicyclic amines) is 1. The highest BCUT2D eigenvalue weighted by Crippen LogP contribution is 2.38. The van der Waals surface area contributed by atoms with Crippen molar-refractivity contribution in [3.8, 4) is 34.4 Å². The van der Waals surface area contributed by atoms with Gasteiger partial charge in [0.2, 0.25) is 0 Å². The van der Waals surface area contributed by atoms with Crippen LogP contribution in [0.4, 0.5) is 14.5 Å². The fraction of sp³-hybridized carbons (Fsp3) is 0.270. The van der Waals surface area contributed by atoms with E-state index >= 15 is 4.39 Å². The minimum absolute atomic E-state index is 0.0901. The van der Waals surface area contributed by atoms with Gasteiger partial charge in [-0.05, 0) is 60.9 Å². The lowest BCUT2D eigenvalue weighted by molar-refractivity contribution is 0.102. The molecular weight excluding hydrogens is 634 g/mol. The summed E-state index contributed by atoms with van der Waals surface area (Å²) in [5.41, 5.74) is 0.843. The zero-order chi connectivity index (χ0) is 34.1. The summed E-state index contributed by atoms with van der Waals surface area (Å²) in [5, 5.41) is 3.20. The number of ether oxygens (including phenoxy) is 4. The molecule has 1 fully saturated rings. The summed E-state index contributed by atoms with van der Waals surface area (Å²) >= 11 is 0. The molecule has 49 heavy (non-hydrogen) atoms. The Hall–Kier alpha value is -5.49. The third kappa shape index (κ3) is 6.64. The fourth-order valence-corrected chi connectivity index (χ4v) is 6.20. The largest absolute Gasteiger partial charge is 0.493 e. The number of aromatic nitrogens is 2. The number of nitrogens with zero attached hydrogens (tertiary/aromatic N) is 3. The first kappa shape index (κ1) is 32.1. The lowest BCUT2D eigenvalue weighted by Gasteiger charge is -2.37. The van der Waals surface area contributed by atoms with E-state index in [0.717, 1.165) is 38.0 Å². The molecule has 1 amide bonds. The molecule has 10 nitrogen and oxygen atoms in total. The van der Waals surface area contributed by atoms with Gasteiger partial charge in [-0.1, -0.05) is 6.92 Å². The van der Waals surface area contributed by atoms with E-state index in [1.54, 1.807) is 37.7 Å². The monoisotopic (exact) mass is 668 g/mol. The maximum absolute atomic E-state index is 15.4. The molecule has 7 rings (SSSR count). The molecule has 1 N–H and O–H groups in total. The zero-order valence-corrected chi connectivity index (χ0v) is 27.0. The van der Waals surface area contributed by atoms with Crippen molar-refractivity contribution >= 4 is 22.5 Å². The van der Waals surface area contributed by atoms with Gasteiger partial charge in [0.15, 0.2) is 23.1 Å². The normalized spacial score (nSPS) is 14.2. The third-order valence-electron chi connectivity index (χ3n) is 8.60. The van der Waals surface area contributed by atoms with E-state index in [-0.39, 0.29) is 22.7 Å². The molecule has 0 unspecified atom stereocenters. The molecule has 3 aromatic carbocycles. The first-order valence-electron chi connectivity index (χ1n) is 16.1. The molecule has 0 aliphatic carbocycles. The summed E-state index contributed by atoms with van der Waals surface area (Å²) in [6.07, 6.45) is 4.52. The van der Waals surface area contributed by atoms with Crippen LogP contribution in [0.5, 0.6) is 28.7 Å². The van der Waals surface area contributed by atoms with Crippen molar-refractivity contribution in [3.63, 3.8) is 0 Å². The topological polar surface area (TPSA) is 104 Å². The van der Waals surface area contributed by atoms with E-state index in [1.165, 1.54) is 41.0 Å². The first-order chi connectivity index (χ1) is 23.8. The van der Waals surface area contributed by atoms with Crippen molar-refractivity contribution in [2.45, 2.75) is 19.8 Å². The van der Waals surface area contributed by atoms with Crippen LogP contribution in [0.25, 0.3) is 16.6 Å². The van der Waals surface area contributed by atoms with Crippen molar-refractivity contribution in [2.75, 3.05) is 45.3 Å². The van der Waals surface area contributed by atoms with Gasteiger partial charge >= 0.3 is 0 Å². The van der Waals surface area contributed by atoms with E-state index in [1.807, 2.05) is 0 Å². The van der Waals surface area contributed by atoms with Crippen LogP contribution in [0.3, 0.4) is 0 Å². The number of methoxy groups -OCH3 is 1. The second-order valence-electron chi connectivity index (χ2n) is 12.2. The standard InChI is InChI=1S/C37H34F2N4O6/c1-22-19-42(20-22)13-3-14-47-33-18-29-27(17-32(33)46-2)30(10-12-40-29)49-31-9-6-25(16-28(31)39)41-36(44)34-35-23(11-15-48-35)21-43(37(34)45)26-7-4-24(38)5-8-26/h4-10,12,16-18,21-22H,3,11,13-15,19-20H2,1-2H3,(H,41,44). The molecule has 2 aliphatic rings. The number of halogens is 2.